The van der Waals surface area contributed by atoms with Crippen LogP contribution >= 0.6 is 15.9 Å². The number of piperidine rings is 1. The van der Waals surface area contributed by atoms with Crippen LogP contribution in [-0.4, -0.2) is 31.3 Å². The first-order valence-corrected chi connectivity index (χ1v) is 7.72. The van der Waals surface area contributed by atoms with Crippen LogP contribution in [0.15, 0.2) is 22.7 Å². The summed E-state index contributed by atoms with van der Waals surface area (Å²) in [5.74, 6) is 0.400. The number of hydrogen-bond acceptors (Lipinski definition) is 3. The first-order valence-electron chi connectivity index (χ1n) is 6.92. The van der Waals surface area contributed by atoms with Gasteiger partial charge in [0, 0.05) is 29.3 Å². The zero-order valence-corrected chi connectivity index (χ0v) is 13.4. The van der Waals surface area contributed by atoms with Gasteiger partial charge in [-0.2, -0.15) is 0 Å². The summed E-state index contributed by atoms with van der Waals surface area (Å²) in [5, 5.41) is 13.4. The van der Waals surface area contributed by atoms with Crippen molar-refractivity contribution in [3.63, 3.8) is 0 Å². The molecule has 4 heteroatoms. The summed E-state index contributed by atoms with van der Waals surface area (Å²) in [7, 11) is 1.97. The summed E-state index contributed by atoms with van der Waals surface area (Å²) in [6, 6.07) is 6.69. The SMILES string of the molecule is CNC(C)c1cc(Br)ccc1N1CCC(C)C(O)C1. The molecular formula is C15H23BrN2O. The van der Waals surface area contributed by atoms with Crippen molar-refractivity contribution in [2.45, 2.75) is 32.4 Å². The predicted molar refractivity (Wildman–Crippen MR) is 83.6 cm³/mol. The van der Waals surface area contributed by atoms with Gasteiger partial charge >= 0.3 is 0 Å². The van der Waals surface area contributed by atoms with Crippen LogP contribution in [0.25, 0.3) is 0 Å². The van der Waals surface area contributed by atoms with E-state index in [4.69, 9.17) is 0 Å². The highest BCUT2D eigenvalue weighted by atomic mass is 79.9. The van der Waals surface area contributed by atoms with Crippen molar-refractivity contribution in [2.24, 2.45) is 5.92 Å². The molecule has 106 valence electrons. The maximum Gasteiger partial charge on any atom is 0.0741 e. The molecule has 3 nitrogen and oxygen atoms in total. The first kappa shape index (κ1) is 14.8. The minimum Gasteiger partial charge on any atom is -0.391 e. The predicted octanol–water partition coefficient (Wildman–Crippen LogP) is 2.94. The normalized spacial score (nSPS) is 25.4. The van der Waals surface area contributed by atoms with Crippen LogP contribution in [0.1, 0.15) is 31.9 Å². The van der Waals surface area contributed by atoms with Crippen LogP contribution < -0.4 is 10.2 Å². The Kier molecular flexibility index (Phi) is 4.87. The summed E-state index contributed by atoms with van der Waals surface area (Å²) in [6.45, 7) is 6.03. The summed E-state index contributed by atoms with van der Waals surface area (Å²) in [4.78, 5) is 2.31. The second-order valence-electron chi connectivity index (χ2n) is 5.49. The molecule has 1 aliphatic heterocycles. The molecule has 0 bridgehead atoms. The van der Waals surface area contributed by atoms with Crippen LogP contribution in [0.2, 0.25) is 0 Å². The average Bonchev–Trinajstić information content (AvgIpc) is 2.41. The number of aliphatic hydroxyl groups excluding tert-OH is 1. The molecule has 19 heavy (non-hydrogen) atoms. The molecule has 0 amide bonds. The Balaban J connectivity index is 2.28. The van der Waals surface area contributed by atoms with Crippen LogP contribution in [0, 0.1) is 5.92 Å². The number of anilines is 1. The quantitative estimate of drug-likeness (QED) is 0.896. The topological polar surface area (TPSA) is 35.5 Å². The van der Waals surface area contributed by atoms with Crippen LogP contribution in [0.4, 0.5) is 5.69 Å². The Hall–Kier alpha value is -0.580. The highest BCUT2D eigenvalue weighted by Crippen LogP contribution is 2.32. The minimum atomic E-state index is -0.227. The van der Waals surface area contributed by atoms with Gasteiger partial charge in [0.1, 0.15) is 0 Å². The van der Waals surface area contributed by atoms with Crippen LogP contribution in [0.3, 0.4) is 0 Å². The number of hydrogen-bond donors (Lipinski definition) is 2. The van der Waals surface area contributed by atoms with Crippen molar-refractivity contribution < 1.29 is 5.11 Å². The number of nitrogens with one attached hydrogen (secondary N) is 1. The molecule has 1 saturated heterocycles. The number of nitrogens with zero attached hydrogens (tertiary/aromatic N) is 1. The van der Waals surface area contributed by atoms with Crippen molar-refractivity contribution in [1.29, 1.82) is 0 Å². The van der Waals surface area contributed by atoms with Gasteiger partial charge < -0.3 is 15.3 Å². The molecular weight excluding hydrogens is 304 g/mol. The second kappa shape index (κ2) is 6.25. The van der Waals surface area contributed by atoms with Gasteiger partial charge in [0.05, 0.1) is 6.10 Å². The van der Waals surface area contributed by atoms with Gasteiger partial charge in [-0.15, -0.1) is 0 Å². The highest BCUT2D eigenvalue weighted by Gasteiger charge is 2.26. The standard InChI is InChI=1S/C15H23BrN2O/c1-10-6-7-18(9-15(10)19)14-5-4-12(16)8-13(14)11(2)17-3/h4-5,8,10-11,15,17,19H,6-7,9H2,1-3H3. The summed E-state index contributed by atoms with van der Waals surface area (Å²) < 4.78 is 1.10. The van der Waals surface area contributed by atoms with Crippen molar-refractivity contribution in [3.8, 4) is 0 Å². The van der Waals surface area contributed by atoms with E-state index in [1.807, 2.05) is 7.05 Å². The number of β-amino-alcohol motifs (C(OH)–C–C–N with tert-alkyl or cyclic N) is 1. The molecule has 2 N–H and O–H groups in total. The van der Waals surface area contributed by atoms with Crippen molar-refractivity contribution in [1.82, 2.24) is 5.32 Å². The van der Waals surface area contributed by atoms with Gasteiger partial charge in [-0.25, -0.2) is 0 Å². The summed E-state index contributed by atoms with van der Waals surface area (Å²) in [5.41, 5.74) is 2.51. The van der Waals surface area contributed by atoms with Gasteiger partial charge in [0.25, 0.3) is 0 Å². The summed E-state index contributed by atoms with van der Waals surface area (Å²) >= 11 is 3.54. The fourth-order valence-corrected chi connectivity index (χ4v) is 2.96. The fraction of sp³-hybridized carbons (Fsp3) is 0.600. The monoisotopic (exact) mass is 326 g/mol. The number of benzene rings is 1. The third kappa shape index (κ3) is 3.30. The molecule has 1 aromatic rings. The Morgan fingerprint density at radius 1 is 1.47 bits per heavy atom. The number of aliphatic hydroxyl groups is 1. The van der Waals surface area contributed by atoms with Crippen LogP contribution in [-0.2, 0) is 0 Å². The zero-order valence-electron chi connectivity index (χ0n) is 11.9. The van der Waals surface area contributed by atoms with Gasteiger partial charge in [-0.1, -0.05) is 22.9 Å². The average molecular weight is 327 g/mol. The van der Waals surface area contributed by atoms with Gasteiger partial charge in [-0.05, 0) is 50.1 Å². The van der Waals surface area contributed by atoms with Gasteiger partial charge in [-0.3, -0.25) is 0 Å². The lowest BCUT2D eigenvalue weighted by atomic mass is 9.94. The zero-order chi connectivity index (χ0) is 14.0. The molecule has 1 heterocycles. The van der Waals surface area contributed by atoms with Crippen molar-refractivity contribution in [2.75, 3.05) is 25.0 Å². The van der Waals surface area contributed by atoms with E-state index in [9.17, 15) is 5.11 Å². The lowest BCUT2D eigenvalue weighted by molar-refractivity contribution is 0.103. The Bertz CT molecular complexity index is 438. The molecule has 0 saturated carbocycles. The molecule has 0 radical (unpaired) electrons. The molecule has 2 rings (SSSR count). The van der Waals surface area contributed by atoms with E-state index in [1.54, 1.807) is 0 Å². The smallest absolute Gasteiger partial charge is 0.0741 e. The van der Waals surface area contributed by atoms with Gasteiger partial charge in [0.15, 0.2) is 0 Å². The lowest BCUT2D eigenvalue weighted by Gasteiger charge is -2.37. The number of halogens is 1. The Morgan fingerprint density at radius 3 is 2.84 bits per heavy atom. The minimum absolute atomic E-state index is 0.227. The third-order valence-electron chi connectivity index (χ3n) is 4.15. The first-order chi connectivity index (χ1) is 9.02. The van der Waals surface area contributed by atoms with Crippen molar-refractivity contribution in [3.05, 3.63) is 28.2 Å². The molecule has 3 atom stereocenters. The Labute approximate surface area is 124 Å². The van der Waals surface area contributed by atoms with E-state index in [2.05, 4.69) is 58.2 Å². The van der Waals surface area contributed by atoms with E-state index >= 15 is 0 Å². The molecule has 0 aromatic heterocycles. The Morgan fingerprint density at radius 2 is 2.21 bits per heavy atom. The van der Waals surface area contributed by atoms with Crippen molar-refractivity contribution >= 4 is 21.6 Å². The number of rotatable bonds is 3. The van der Waals surface area contributed by atoms with E-state index < -0.39 is 0 Å². The van der Waals surface area contributed by atoms with E-state index in [0.29, 0.717) is 12.0 Å². The largest absolute Gasteiger partial charge is 0.391 e. The highest BCUT2D eigenvalue weighted by molar-refractivity contribution is 9.10. The maximum atomic E-state index is 10.1. The fourth-order valence-electron chi connectivity index (χ4n) is 2.58. The lowest BCUT2D eigenvalue weighted by Crippen LogP contribution is -2.43. The third-order valence-corrected chi connectivity index (χ3v) is 4.64. The van der Waals surface area contributed by atoms with Gasteiger partial charge in [0.2, 0.25) is 0 Å². The molecule has 1 aliphatic rings. The molecule has 3 unspecified atom stereocenters. The van der Waals surface area contributed by atoms with Crippen LogP contribution in [0.5, 0.6) is 0 Å². The second-order valence-corrected chi connectivity index (χ2v) is 6.41. The maximum absolute atomic E-state index is 10.1. The summed E-state index contributed by atoms with van der Waals surface area (Å²) in [6.07, 6.45) is 0.820. The molecule has 1 fully saturated rings. The molecule has 1 aromatic carbocycles. The van der Waals surface area contributed by atoms with E-state index in [-0.39, 0.29) is 6.10 Å². The van der Waals surface area contributed by atoms with E-state index in [0.717, 1.165) is 24.0 Å². The van der Waals surface area contributed by atoms with E-state index in [1.165, 1.54) is 11.3 Å². The molecule has 0 spiro atoms. The molecule has 0 aliphatic carbocycles.